The molecule has 0 amide bonds. The lowest BCUT2D eigenvalue weighted by molar-refractivity contribution is 0.0600. The fraction of sp³-hybridized carbons (Fsp3) is 0.538. The molecule has 1 fully saturated rings. The van der Waals surface area contributed by atoms with Crippen molar-refractivity contribution in [3.8, 4) is 0 Å². The second-order valence-corrected chi connectivity index (χ2v) is 4.57. The lowest BCUT2D eigenvalue weighted by Gasteiger charge is -2.10. The maximum Gasteiger partial charge on any atom is 0.339 e. The summed E-state index contributed by atoms with van der Waals surface area (Å²) in [4.78, 5) is 15.4. The molecule has 1 aromatic heterocycles. The van der Waals surface area contributed by atoms with E-state index < -0.39 is 0 Å². The molecule has 0 radical (unpaired) electrons. The average molecular weight is 250 g/mol. The molecule has 98 valence electrons. The highest BCUT2D eigenvalue weighted by Gasteiger charge is 2.29. The Balaban J connectivity index is 1.77. The van der Waals surface area contributed by atoms with E-state index in [0.29, 0.717) is 24.6 Å². The predicted octanol–water partition coefficient (Wildman–Crippen LogP) is 0.729. The molecule has 0 saturated heterocycles. The predicted molar refractivity (Wildman–Crippen MR) is 66.0 cm³/mol. The highest BCUT2D eigenvalue weighted by atomic mass is 16.5. The summed E-state index contributed by atoms with van der Waals surface area (Å²) in [5.41, 5.74) is 1.28. The largest absolute Gasteiger partial charge is 0.465 e. The second-order valence-electron chi connectivity index (χ2n) is 4.57. The van der Waals surface area contributed by atoms with Crippen molar-refractivity contribution < 1.29 is 14.6 Å². The number of ether oxygens (including phenoxy) is 1. The Bertz CT molecular complexity index is 401. The average Bonchev–Trinajstić information content (AvgIpc) is 3.23. The number of carbonyl (C=O) groups excluding carboxylic acids is 1. The van der Waals surface area contributed by atoms with Crippen LogP contribution in [0.25, 0.3) is 0 Å². The molecular formula is C13H18N2O3. The molecule has 1 aliphatic rings. The van der Waals surface area contributed by atoms with E-state index >= 15 is 0 Å². The van der Waals surface area contributed by atoms with Crippen LogP contribution in [0.2, 0.25) is 0 Å². The van der Waals surface area contributed by atoms with Crippen LogP contribution in [0.15, 0.2) is 18.3 Å². The SMILES string of the molecule is COC(=O)c1ccc(CNCC(O)C2CC2)nc1. The molecule has 1 aromatic rings. The summed E-state index contributed by atoms with van der Waals surface area (Å²) < 4.78 is 4.59. The van der Waals surface area contributed by atoms with E-state index in [4.69, 9.17) is 0 Å². The monoisotopic (exact) mass is 250 g/mol. The summed E-state index contributed by atoms with van der Waals surface area (Å²) in [5, 5.41) is 12.8. The highest BCUT2D eigenvalue weighted by Crippen LogP contribution is 2.32. The van der Waals surface area contributed by atoms with Crippen molar-refractivity contribution in [2.45, 2.75) is 25.5 Å². The Morgan fingerprint density at radius 3 is 2.94 bits per heavy atom. The minimum absolute atomic E-state index is 0.251. The van der Waals surface area contributed by atoms with Crippen LogP contribution in [0.5, 0.6) is 0 Å². The van der Waals surface area contributed by atoms with Gasteiger partial charge < -0.3 is 15.2 Å². The number of esters is 1. The van der Waals surface area contributed by atoms with Crippen LogP contribution in [0.4, 0.5) is 0 Å². The molecule has 0 spiro atoms. The smallest absolute Gasteiger partial charge is 0.339 e. The van der Waals surface area contributed by atoms with Gasteiger partial charge in [-0.2, -0.15) is 0 Å². The summed E-state index contributed by atoms with van der Waals surface area (Å²) in [6.45, 7) is 1.18. The van der Waals surface area contributed by atoms with Gasteiger partial charge in [0.15, 0.2) is 0 Å². The molecule has 18 heavy (non-hydrogen) atoms. The number of rotatable bonds is 6. The van der Waals surface area contributed by atoms with Crippen LogP contribution in [-0.2, 0) is 11.3 Å². The zero-order valence-electron chi connectivity index (χ0n) is 10.4. The van der Waals surface area contributed by atoms with Crippen LogP contribution < -0.4 is 5.32 Å². The highest BCUT2D eigenvalue weighted by molar-refractivity contribution is 5.88. The number of aliphatic hydroxyl groups is 1. The van der Waals surface area contributed by atoms with Crippen molar-refractivity contribution in [3.05, 3.63) is 29.6 Å². The van der Waals surface area contributed by atoms with Crippen LogP contribution in [0, 0.1) is 5.92 Å². The Morgan fingerprint density at radius 1 is 1.61 bits per heavy atom. The molecule has 2 N–H and O–H groups in total. The maximum atomic E-state index is 11.2. The molecule has 5 nitrogen and oxygen atoms in total. The van der Waals surface area contributed by atoms with Crippen LogP contribution in [-0.4, -0.2) is 35.8 Å². The third-order valence-electron chi connectivity index (χ3n) is 3.07. The molecule has 1 atom stereocenters. The Morgan fingerprint density at radius 2 is 2.39 bits per heavy atom. The third-order valence-corrected chi connectivity index (χ3v) is 3.07. The molecular weight excluding hydrogens is 232 g/mol. The van der Waals surface area contributed by atoms with Gasteiger partial charge in [-0.3, -0.25) is 4.98 Å². The van der Waals surface area contributed by atoms with Gasteiger partial charge in [-0.05, 0) is 30.9 Å². The first-order valence-corrected chi connectivity index (χ1v) is 6.12. The normalized spacial score (nSPS) is 16.3. The van der Waals surface area contributed by atoms with E-state index in [2.05, 4.69) is 15.0 Å². The number of hydrogen-bond donors (Lipinski definition) is 2. The van der Waals surface area contributed by atoms with Gasteiger partial charge in [-0.25, -0.2) is 4.79 Å². The molecule has 0 aliphatic heterocycles. The van der Waals surface area contributed by atoms with E-state index in [-0.39, 0.29) is 12.1 Å². The fourth-order valence-corrected chi connectivity index (χ4v) is 1.76. The van der Waals surface area contributed by atoms with Crippen molar-refractivity contribution in [2.75, 3.05) is 13.7 Å². The van der Waals surface area contributed by atoms with Crippen molar-refractivity contribution in [2.24, 2.45) is 5.92 Å². The second kappa shape index (κ2) is 5.93. The minimum Gasteiger partial charge on any atom is -0.465 e. The first-order valence-electron chi connectivity index (χ1n) is 6.12. The summed E-state index contributed by atoms with van der Waals surface area (Å²) in [7, 11) is 1.34. The summed E-state index contributed by atoms with van der Waals surface area (Å²) in [6, 6.07) is 3.47. The fourth-order valence-electron chi connectivity index (χ4n) is 1.76. The van der Waals surface area contributed by atoms with E-state index in [0.717, 1.165) is 18.5 Å². The Labute approximate surface area is 106 Å². The zero-order valence-corrected chi connectivity index (χ0v) is 10.4. The Kier molecular flexibility index (Phi) is 4.28. The molecule has 0 bridgehead atoms. The van der Waals surface area contributed by atoms with Crippen LogP contribution >= 0.6 is 0 Å². The van der Waals surface area contributed by atoms with Gasteiger partial charge in [0, 0.05) is 19.3 Å². The van der Waals surface area contributed by atoms with E-state index in [1.165, 1.54) is 13.3 Å². The standard InChI is InChI=1S/C13H18N2O3/c1-18-13(17)10-4-5-11(15-6-10)7-14-8-12(16)9-2-3-9/h4-6,9,12,14,16H,2-3,7-8H2,1H3. The van der Waals surface area contributed by atoms with Gasteiger partial charge in [0.25, 0.3) is 0 Å². The zero-order chi connectivity index (χ0) is 13.0. The molecule has 1 heterocycles. The number of hydrogen-bond acceptors (Lipinski definition) is 5. The Hall–Kier alpha value is -1.46. The maximum absolute atomic E-state index is 11.2. The number of aliphatic hydroxyl groups excluding tert-OH is 1. The van der Waals surface area contributed by atoms with Gasteiger partial charge >= 0.3 is 5.97 Å². The summed E-state index contributed by atoms with van der Waals surface area (Å²) in [5.74, 6) is 0.0957. The number of nitrogens with one attached hydrogen (secondary N) is 1. The summed E-state index contributed by atoms with van der Waals surface area (Å²) in [6.07, 6.45) is 3.52. The van der Waals surface area contributed by atoms with Gasteiger partial charge in [0.05, 0.1) is 24.5 Å². The van der Waals surface area contributed by atoms with Gasteiger partial charge in [-0.15, -0.1) is 0 Å². The number of nitrogens with zero attached hydrogens (tertiary/aromatic N) is 1. The first kappa shape index (κ1) is 13.0. The molecule has 0 aromatic carbocycles. The van der Waals surface area contributed by atoms with Gasteiger partial charge in [0.2, 0.25) is 0 Å². The number of pyridine rings is 1. The van der Waals surface area contributed by atoms with Crippen LogP contribution in [0.3, 0.4) is 0 Å². The number of carbonyl (C=O) groups is 1. The third kappa shape index (κ3) is 3.51. The van der Waals surface area contributed by atoms with Gasteiger partial charge in [0.1, 0.15) is 0 Å². The molecule has 1 saturated carbocycles. The van der Waals surface area contributed by atoms with E-state index in [9.17, 15) is 9.90 Å². The minimum atomic E-state index is -0.383. The van der Waals surface area contributed by atoms with E-state index in [1.807, 2.05) is 0 Å². The van der Waals surface area contributed by atoms with Crippen LogP contribution in [0.1, 0.15) is 28.9 Å². The lowest BCUT2D eigenvalue weighted by atomic mass is 10.2. The lowest BCUT2D eigenvalue weighted by Crippen LogP contribution is -2.28. The molecule has 2 rings (SSSR count). The summed E-state index contributed by atoms with van der Waals surface area (Å²) >= 11 is 0. The molecule has 5 heteroatoms. The quantitative estimate of drug-likeness (QED) is 0.728. The molecule has 1 unspecified atom stereocenters. The topological polar surface area (TPSA) is 71.5 Å². The number of aromatic nitrogens is 1. The van der Waals surface area contributed by atoms with Crippen molar-refractivity contribution >= 4 is 5.97 Å². The molecule has 1 aliphatic carbocycles. The number of methoxy groups -OCH3 is 1. The van der Waals surface area contributed by atoms with Gasteiger partial charge in [-0.1, -0.05) is 0 Å². The van der Waals surface area contributed by atoms with E-state index in [1.54, 1.807) is 12.1 Å². The van der Waals surface area contributed by atoms with Crippen molar-refractivity contribution in [1.29, 1.82) is 0 Å². The first-order chi connectivity index (χ1) is 8.70. The van der Waals surface area contributed by atoms with Crippen molar-refractivity contribution in [3.63, 3.8) is 0 Å². The van der Waals surface area contributed by atoms with Crippen molar-refractivity contribution in [1.82, 2.24) is 10.3 Å².